The highest BCUT2D eigenvalue weighted by Crippen LogP contribution is 2.49. The van der Waals surface area contributed by atoms with E-state index in [0.29, 0.717) is 27.8 Å². The zero-order valence-corrected chi connectivity index (χ0v) is 17.7. The number of hydrogen-bond donors (Lipinski definition) is 0. The minimum atomic E-state index is -0.786. The third kappa shape index (κ3) is 4.92. The molecule has 0 fully saturated rings. The number of aliphatic imine (C=N–C) groups is 4. The Hall–Kier alpha value is -4.82. The van der Waals surface area contributed by atoms with Crippen LogP contribution in [0.5, 0.6) is 0 Å². The minimum Gasteiger partial charge on any atom is -0.211 e. The van der Waals surface area contributed by atoms with Crippen LogP contribution in [-0.2, 0) is 19.2 Å². The molecule has 160 valence electrons. The van der Waals surface area contributed by atoms with Crippen molar-refractivity contribution < 1.29 is 19.2 Å². The summed E-state index contributed by atoms with van der Waals surface area (Å²) in [6.45, 7) is 3.51. The Morgan fingerprint density at radius 3 is 1.21 bits per heavy atom. The first-order chi connectivity index (χ1) is 16.0. The zero-order chi connectivity index (χ0) is 23.8. The van der Waals surface area contributed by atoms with E-state index in [4.69, 9.17) is 0 Å². The van der Waals surface area contributed by atoms with Gasteiger partial charge in [-0.3, -0.25) is 0 Å². The van der Waals surface area contributed by atoms with Crippen molar-refractivity contribution in [3.8, 4) is 0 Å². The highest BCUT2D eigenvalue weighted by molar-refractivity contribution is 5.77. The summed E-state index contributed by atoms with van der Waals surface area (Å²) in [7, 11) is 0. The van der Waals surface area contributed by atoms with Gasteiger partial charge in [0.2, 0.25) is 24.3 Å². The van der Waals surface area contributed by atoms with Gasteiger partial charge in [0.15, 0.2) is 0 Å². The summed E-state index contributed by atoms with van der Waals surface area (Å²) >= 11 is 0. The van der Waals surface area contributed by atoms with E-state index in [1.807, 2.05) is 6.07 Å². The van der Waals surface area contributed by atoms with Crippen molar-refractivity contribution in [2.45, 2.75) is 19.8 Å². The molecule has 0 saturated carbocycles. The Morgan fingerprint density at radius 1 is 0.576 bits per heavy atom. The molecule has 0 spiro atoms. The lowest BCUT2D eigenvalue weighted by Crippen LogP contribution is -2.06. The van der Waals surface area contributed by atoms with Crippen LogP contribution in [0.25, 0.3) is 0 Å². The molecule has 3 aromatic rings. The number of hydrogen-bond acceptors (Lipinski definition) is 8. The highest BCUT2D eigenvalue weighted by Gasteiger charge is 2.29. The maximum Gasteiger partial charge on any atom is 0.240 e. The van der Waals surface area contributed by atoms with Crippen molar-refractivity contribution in [3.63, 3.8) is 0 Å². The van der Waals surface area contributed by atoms with Gasteiger partial charge in [0.25, 0.3) is 0 Å². The first-order valence-corrected chi connectivity index (χ1v) is 9.69. The standard InChI is InChI=1S/C25H16N4O4/c1-16-8-19(26-12-30)24(20(9-16)27-13-31)23(18-6-4-3-5-7-18)25-21(28-14-32)10-17(2)11-22(25)29-15-33/h3-11,23H,1-2H3. The quantitative estimate of drug-likeness (QED) is 0.282. The molecule has 0 amide bonds. The SMILES string of the molecule is Cc1cc(N=C=O)c(C(c2ccccc2)c2c(N=C=O)cc(C)cc2N=C=O)c(N=C=O)c1. The molecule has 0 aliphatic rings. The molecule has 0 aromatic heterocycles. The fraction of sp³-hybridized carbons (Fsp3) is 0.120. The zero-order valence-electron chi connectivity index (χ0n) is 17.7. The molecule has 0 aliphatic carbocycles. The molecule has 3 aromatic carbocycles. The molecule has 0 bridgehead atoms. The first kappa shape index (κ1) is 22.9. The van der Waals surface area contributed by atoms with Gasteiger partial charge in [0.05, 0.1) is 22.7 Å². The van der Waals surface area contributed by atoms with Crippen molar-refractivity contribution >= 4 is 47.1 Å². The Kier molecular flexibility index (Phi) is 7.25. The predicted molar refractivity (Wildman–Crippen MR) is 121 cm³/mol. The van der Waals surface area contributed by atoms with Gasteiger partial charge in [0, 0.05) is 17.0 Å². The lowest BCUT2D eigenvalue weighted by Gasteiger charge is -2.24. The number of benzene rings is 3. The average molecular weight is 436 g/mol. The number of rotatable bonds is 7. The molecule has 0 atom stereocenters. The summed E-state index contributed by atoms with van der Waals surface area (Å²) in [6, 6.07) is 15.6. The third-order valence-electron chi connectivity index (χ3n) is 4.94. The summed E-state index contributed by atoms with van der Waals surface area (Å²) < 4.78 is 0. The Bertz CT molecular complexity index is 1240. The van der Waals surface area contributed by atoms with Crippen molar-refractivity contribution in [1.29, 1.82) is 0 Å². The lowest BCUT2D eigenvalue weighted by atomic mass is 9.81. The molecular formula is C25H16N4O4. The second kappa shape index (κ2) is 10.5. The van der Waals surface area contributed by atoms with Crippen molar-refractivity contribution in [2.75, 3.05) is 0 Å². The summed E-state index contributed by atoms with van der Waals surface area (Å²) in [4.78, 5) is 60.3. The van der Waals surface area contributed by atoms with E-state index >= 15 is 0 Å². The van der Waals surface area contributed by atoms with E-state index in [0.717, 1.165) is 0 Å². The molecule has 0 aliphatic heterocycles. The molecule has 0 unspecified atom stereocenters. The molecule has 0 saturated heterocycles. The van der Waals surface area contributed by atoms with E-state index in [2.05, 4.69) is 20.0 Å². The van der Waals surface area contributed by atoms with Gasteiger partial charge < -0.3 is 0 Å². The number of carbonyl (C=O) groups excluding carboxylic acids is 4. The van der Waals surface area contributed by atoms with Crippen LogP contribution in [0.1, 0.15) is 33.7 Å². The second-order valence-electron chi connectivity index (χ2n) is 7.09. The fourth-order valence-corrected chi connectivity index (χ4v) is 3.80. The van der Waals surface area contributed by atoms with Crippen molar-refractivity contribution in [1.82, 2.24) is 0 Å². The molecule has 3 rings (SSSR count). The van der Waals surface area contributed by atoms with Gasteiger partial charge in [-0.05, 0) is 54.8 Å². The summed E-state index contributed by atoms with van der Waals surface area (Å²) in [5.74, 6) is -0.786. The molecule has 8 heteroatoms. The van der Waals surface area contributed by atoms with Gasteiger partial charge >= 0.3 is 0 Å². The minimum absolute atomic E-state index is 0.204. The van der Waals surface area contributed by atoms with Crippen LogP contribution in [-0.4, -0.2) is 24.3 Å². The molecule has 0 radical (unpaired) electrons. The van der Waals surface area contributed by atoms with Gasteiger partial charge in [0.1, 0.15) is 0 Å². The van der Waals surface area contributed by atoms with Gasteiger partial charge in [-0.25, -0.2) is 19.2 Å². The first-order valence-electron chi connectivity index (χ1n) is 9.69. The van der Waals surface area contributed by atoms with Crippen LogP contribution >= 0.6 is 0 Å². The van der Waals surface area contributed by atoms with E-state index in [1.54, 1.807) is 62.4 Å². The van der Waals surface area contributed by atoms with Crippen LogP contribution in [0, 0.1) is 13.8 Å². The molecule has 0 N–H and O–H groups in total. The van der Waals surface area contributed by atoms with Crippen LogP contribution < -0.4 is 0 Å². The Morgan fingerprint density at radius 2 is 0.909 bits per heavy atom. The third-order valence-corrected chi connectivity index (χ3v) is 4.94. The Labute approximate surface area is 188 Å². The normalized spacial score (nSPS) is 10.6. The number of nitrogens with zero attached hydrogens (tertiary/aromatic N) is 4. The van der Waals surface area contributed by atoms with E-state index in [9.17, 15) is 19.2 Å². The van der Waals surface area contributed by atoms with Crippen LogP contribution in [0.4, 0.5) is 22.7 Å². The van der Waals surface area contributed by atoms with Crippen LogP contribution in [0.3, 0.4) is 0 Å². The van der Waals surface area contributed by atoms with Gasteiger partial charge in [-0.15, -0.1) is 0 Å². The smallest absolute Gasteiger partial charge is 0.211 e. The fourth-order valence-electron chi connectivity index (χ4n) is 3.80. The predicted octanol–water partition coefficient (Wildman–Crippen LogP) is 5.35. The summed E-state index contributed by atoms with van der Waals surface area (Å²) in [5.41, 5.74) is 3.58. The molecule has 8 nitrogen and oxygen atoms in total. The van der Waals surface area contributed by atoms with Crippen molar-refractivity contribution in [3.05, 3.63) is 82.4 Å². The molecule has 0 heterocycles. The number of aryl methyl sites for hydroxylation is 2. The maximum atomic E-state index is 11.2. The van der Waals surface area contributed by atoms with Crippen LogP contribution in [0.2, 0.25) is 0 Å². The van der Waals surface area contributed by atoms with Crippen LogP contribution in [0.15, 0.2) is 74.6 Å². The highest BCUT2D eigenvalue weighted by atomic mass is 16.1. The summed E-state index contributed by atoms with van der Waals surface area (Å²) in [5, 5.41) is 0. The molecule has 33 heavy (non-hydrogen) atoms. The Balaban J connectivity index is 2.59. The average Bonchev–Trinajstić information content (AvgIpc) is 2.78. The van der Waals surface area contributed by atoms with E-state index in [1.165, 1.54) is 24.3 Å². The molecular weight excluding hydrogens is 420 g/mol. The lowest BCUT2D eigenvalue weighted by molar-refractivity contribution is 0.564. The summed E-state index contributed by atoms with van der Waals surface area (Å²) in [6.07, 6.45) is 6.12. The van der Waals surface area contributed by atoms with Gasteiger partial charge in [-0.2, -0.15) is 20.0 Å². The monoisotopic (exact) mass is 436 g/mol. The second-order valence-corrected chi connectivity index (χ2v) is 7.09. The van der Waals surface area contributed by atoms with Gasteiger partial charge in [-0.1, -0.05) is 30.3 Å². The van der Waals surface area contributed by atoms with Crippen molar-refractivity contribution in [2.24, 2.45) is 20.0 Å². The van der Waals surface area contributed by atoms with E-state index < -0.39 is 5.92 Å². The maximum absolute atomic E-state index is 11.2. The largest absolute Gasteiger partial charge is 0.240 e. The number of isocyanates is 4. The van der Waals surface area contributed by atoms with E-state index in [-0.39, 0.29) is 22.7 Å². The topological polar surface area (TPSA) is 118 Å².